The maximum atomic E-state index is 12.0. The summed E-state index contributed by atoms with van der Waals surface area (Å²) in [6.07, 6.45) is 2.03. The zero-order valence-electron chi connectivity index (χ0n) is 11.9. The minimum absolute atomic E-state index is 0.346. The van der Waals surface area contributed by atoms with Crippen LogP contribution in [0.25, 0.3) is 0 Å². The monoisotopic (exact) mass is 378 g/mol. The van der Waals surface area contributed by atoms with Crippen molar-refractivity contribution >= 4 is 39.5 Å². The third-order valence-corrected chi connectivity index (χ3v) is 4.07. The van der Waals surface area contributed by atoms with Gasteiger partial charge in [0, 0.05) is 21.4 Å². The lowest BCUT2D eigenvalue weighted by atomic mass is 10.1. The highest BCUT2D eigenvalue weighted by atomic mass is 79.9. The van der Waals surface area contributed by atoms with Gasteiger partial charge in [0.2, 0.25) is 0 Å². The van der Waals surface area contributed by atoms with E-state index in [9.17, 15) is 9.59 Å². The maximum Gasteiger partial charge on any atom is 0.269 e. The van der Waals surface area contributed by atoms with Gasteiger partial charge in [-0.2, -0.15) is 11.8 Å². The third-order valence-electron chi connectivity index (χ3n) is 2.92. The highest BCUT2D eigenvalue weighted by Crippen LogP contribution is 2.11. The molecule has 0 saturated carbocycles. The molecule has 0 spiro atoms. The molecule has 2 aromatic rings. The first kappa shape index (κ1) is 16.6. The van der Waals surface area contributed by atoms with Crippen molar-refractivity contribution in [3.8, 4) is 0 Å². The third kappa shape index (κ3) is 4.61. The van der Waals surface area contributed by atoms with Crippen molar-refractivity contribution in [1.29, 1.82) is 0 Å². The van der Waals surface area contributed by atoms with Crippen molar-refractivity contribution in [2.75, 3.05) is 6.26 Å². The maximum absolute atomic E-state index is 12.0. The Morgan fingerprint density at radius 1 is 0.909 bits per heavy atom. The van der Waals surface area contributed by atoms with Crippen LogP contribution in [0.5, 0.6) is 0 Å². The van der Waals surface area contributed by atoms with Gasteiger partial charge in [0.25, 0.3) is 11.8 Å². The van der Waals surface area contributed by atoms with Gasteiger partial charge in [-0.15, -0.1) is 0 Å². The predicted octanol–water partition coefficient (Wildman–Crippen LogP) is 3.39. The van der Waals surface area contributed by atoms with Crippen LogP contribution in [-0.2, 0) is 5.75 Å². The molecular weight excluding hydrogens is 364 g/mol. The first-order chi connectivity index (χ1) is 10.6. The second-order valence-corrected chi connectivity index (χ2v) is 6.33. The van der Waals surface area contributed by atoms with Crippen molar-refractivity contribution in [2.24, 2.45) is 0 Å². The van der Waals surface area contributed by atoms with Crippen LogP contribution in [0.15, 0.2) is 53.0 Å². The minimum atomic E-state index is -0.361. The summed E-state index contributed by atoms with van der Waals surface area (Å²) in [5, 5.41) is 0. The van der Waals surface area contributed by atoms with Gasteiger partial charge in [-0.1, -0.05) is 28.1 Å². The topological polar surface area (TPSA) is 58.2 Å². The van der Waals surface area contributed by atoms with E-state index in [0.717, 1.165) is 15.8 Å². The molecule has 2 amide bonds. The Morgan fingerprint density at radius 2 is 1.36 bits per heavy atom. The van der Waals surface area contributed by atoms with E-state index in [1.807, 2.05) is 18.4 Å². The van der Waals surface area contributed by atoms with E-state index >= 15 is 0 Å². The number of benzene rings is 2. The molecule has 0 fully saturated rings. The molecule has 0 atom stereocenters. The summed E-state index contributed by atoms with van der Waals surface area (Å²) >= 11 is 5.02. The molecule has 0 aliphatic rings. The van der Waals surface area contributed by atoms with Crippen LogP contribution in [0.2, 0.25) is 0 Å². The van der Waals surface area contributed by atoms with Crippen LogP contribution in [0, 0.1) is 0 Å². The van der Waals surface area contributed by atoms with Gasteiger partial charge >= 0.3 is 0 Å². The molecular formula is C16H15BrN2O2S. The van der Waals surface area contributed by atoms with E-state index in [4.69, 9.17) is 0 Å². The molecule has 0 aliphatic carbocycles. The van der Waals surface area contributed by atoms with Gasteiger partial charge in [0.15, 0.2) is 0 Å². The van der Waals surface area contributed by atoms with Crippen LogP contribution in [0.1, 0.15) is 26.3 Å². The lowest BCUT2D eigenvalue weighted by Gasteiger charge is -2.08. The fourth-order valence-electron chi connectivity index (χ4n) is 1.78. The van der Waals surface area contributed by atoms with Crippen LogP contribution in [0.4, 0.5) is 0 Å². The minimum Gasteiger partial charge on any atom is -0.267 e. The average molecular weight is 379 g/mol. The number of rotatable bonds is 4. The highest BCUT2D eigenvalue weighted by molar-refractivity contribution is 9.10. The summed E-state index contributed by atoms with van der Waals surface area (Å²) in [5.41, 5.74) is 6.93. The van der Waals surface area contributed by atoms with E-state index in [1.165, 1.54) is 0 Å². The van der Waals surface area contributed by atoms with Gasteiger partial charge < -0.3 is 0 Å². The average Bonchev–Trinajstić information content (AvgIpc) is 2.54. The highest BCUT2D eigenvalue weighted by Gasteiger charge is 2.09. The predicted molar refractivity (Wildman–Crippen MR) is 92.7 cm³/mol. The molecule has 2 aromatic carbocycles. The number of nitrogens with one attached hydrogen (secondary N) is 2. The van der Waals surface area contributed by atoms with Crippen LogP contribution >= 0.6 is 27.7 Å². The summed E-state index contributed by atoms with van der Waals surface area (Å²) in [4.78, 5) is 23.9. The molecule has 22 heavy (non-hydrogen) atoms. The number of amides is 2. The molecule has 6 heteroatoms. The first-order valence-corrected chi connectivity index (χ1v) is 8.73. The second-order valence-electron chi connectivity index (χ2n) is 4.55. The number of thioether (sulfide) groups is 1. The molecule has 2 rings (SSSR count). The van der Waals surface area contributed by atoms with Gasteiger partial charge in [-0.3, -0.25) is 20.4 Å². The molecule has 0 radical (unpaired) electrons. The Labute approximate surface area is 141 Å². The van der Waals surface area contributed by atoms with Gasteiger partial charge in [-0.05, 0) is 48.2 Å². The van der Waals surface area contributed by atoms with E-state index in [2.05, 4.69) is 26.8 Å². The van der Waals surface area contributed by atoms with Gasteiger partial charge in [-0.25, -0.2) is 0 Å². The van der Waals surface area contributed by atoms with E-state index < -0.39 is 0 Å². The number of hydrazine groups is 1. The summed E-state index contributed by atoms with van der Waals surface area (Å²) in [5.74, 6) is 0.198. The SMILES string of the molecule is CSCc1ccc(C(=O)NNC(=O)c2ccc(Br)cc2)cc1. The van der Waals surface area contributed by atoms with Crippen molar-refractivity contribution in [1.82, 2.24) is 10.9 Å². The Kier molecular flexibility index (Phi) is 6.03. The molecule has 0 aromatic heterocycles. The van der Waals surface area contributed by atoms with Crippen molar-refractivity contribution < 1.29 is 9.59 Å². The summed E-state index contributed by atoms with van der Waals surface area (Å²) in [6.45, 7) is 0. The molecule has 0 heterocycles. The molecule has 0 bridgehead atoms. The largest absolute Gasteiger partial charge is 0.269 e. The second kappa shape index (κ2) is 8.00. The van der Waals surface area contributed by atoms with Crippen molar-refractivity contribution in [2.45, 2.75) is 5.75 Å². The molecule has 2 N–H and O–H groups in total. The Bertz CT molecular complexity index is 657. The Morgan fingerprint density at radius 3 is 1.82 bits per heavy atom. The van der Waals surface area contributed by atoms with Gasteiger partial charge in [0.1, 0.15) is 0 Å². The number of carbonyl (C=O) groups is 2. The van der Waals surface area contributed by atoms with Crippen molar-refractivity contribution in [3.05, 3.63) is 69.7 Å². The lowest BCUT2D eigenvalue weighted by molar-refractivity contribution is 0.0846. The molecule has 0 unspecified atom stereocenters. The molecule has 4 nitrogen and oxygen atoms in total. The Balaban J connectivity index is 1.91. The van der Waals surface area contributed by atoms with Crippen molar-refractivity contribution in [3.63, 3.8) is 0 Å². The number of halogens is 1. The fraction of sp³-hybridized carbons (Fsp3) is 0.125. The summed E-state index contributed by atoms with van der Waals surface area (Å²) < 4.78 is 0.887. The lowest BCUT2D eigenvalue weighted by Crippen LogP contribution is -2.41. The van der Waals surface area contributed by atoms with Gasteiger partial charge in [0.05, 0.1) is 0 Å². The first-order valence-electron chi connectivity index (χ1n) is 6.54. The Hall–Kier alpha value is -1.79. The smallest absolute Gasteiger partial charge is 0.267 e. The van der Waals surface area contributed by atoms with E-state index in [1.54, 1.807) is 48.2 Å². The normalized spacial score (nSPS) is 10.1. The molecule has 0 saturated heterocycles. The fourth-order valence-corrected chi connectivity index (χ4v) is 2.57. The standard InChI is InChI=1S/C16H15BrN2O2S/c1-22-10-11-2-4-12(5-3-11)15(20)18-19-16(21)13-6-8-14(17)9-7-13/h2-9H,10H2,1H3,(H,18,20)(H,19,21). The summed E-state index contributed by atoms with van der Waals surface area (Å²) in [6, 6.07) is 14.2. The molecule has 114 valence electrons. The quantitative estimate of drug-likeness (QED) is 0.801. The number of hydrogen-bond donors (Lipinski definition) is 2. The zero-order chi connectivity index (χ0) is 15.9. The summed E-state index contributed by atoms with van der Waals surface area (Å²) in [7, 11) is 0. The zero-order valence-corrected chi connectivity index (χ0v) is 14.3. The van der Waals surface area contributed by atoms with Crippen LogP contribution < -0.4 is 10.9 Å². The van der Waals surface area contributed by atoms with Crippen LogP contribution in [-0.4, -0.2) is 18.1 Å². The van der Waals surface area contributed by atoms with E-state index in [-0.39, 0.29) is 11.8 Å². The van der Waals surface area contributed by atoms with Crippen LogP contribution in [0.3, 0.4) is 0 Å². The number of carbonyl (C=O) groups excluding carboxylic acids is 2. The van der Waals surface area contributed by atoms with E-state index in [0.29, 0.717) is 11.1 Å². The number of hydrogen-bond acceptors (Lipinski definition) is 3. The molecule has 0 aliphatic heterocycles.